The summed E-state index contributed by atoms with van der Waals surface area (Å²) in [4.78, 5) is 11.3. The summed E-state index contributed by atoms with van der Waals surface area (Å²) < 4.78 is 5.32. The maximum atomic E-state index is 11.3. The van der Waals surface area contributed by atoms with Gasteiger partial charge >= 0.3 is 0 Å². The van der Waals surface area contributed by atoms with Gasteiger partial charge in [-0.15, -0.1) is 0 Å². The smallest absolute Gasteiger partial charge is 0.260 e. The number of rotatable bonds is 5. The van der Waals surface area contributed by atoms with Crippen molar-refractivity contribution in [3.8, 4) is 0 Å². The lowest BCUT2D eigenvalue weighted by molar-refractivity contribution is -0.129. The number of amides is 1. The van der Waals surface area contributed by atoms with Crippen molar-refractivity contribution >= 4 is 5.91 Å². The van der Waals surface area contributed by atoms with Gasteiger partial charge in [-0.05, 0) is 18.1 Å². The van der Waals surface area contributed by atoms with E-state index in [0.29, 0.717) is 6.61 Å². The minimum Gasteiger partial charge on any atom is -0.367 e. The zero-order valence-electron chi connectivity index (χ0n) is 9.99. The first-order valence-corrected chi connectivity index (χ1v) is 5.18. The lowest BCUT2D eigenvalue weighted by atomic mass is 10.1. The van der Waals surface area contributed by atoms with Crippen LogP contribution in [-0.4, -0.2) is 31.6 Å². The molecule has 0 spiro atoms. The van der Waals surface area contributed by atoms with Crippen molar-refractivity contribution in [1.82, 2.24) is 10.4 Å². The number of aryl methyl sites for hydroxylation is 1. The van der Waals surface area contributed by atoms with E-state index in [-0.39, 0.29) is 12.5 Å². The lowest BCUT2D eigenvalue weighted by Crippen LogP contribution is -2.38. The average Bonchev–Trinajstić information content (AvgIpc) is 2.19. The van der Waals surface area contributed by atoms with Crippen LogP contribution in [0.2, 0.25) is 0 Å². The Morgan fingerprint density at radius 2 is 2.06 bits per heavy atom. The minimum atomic E-state index is -0.140. The molecule has 0 radical (unpaired) electrons. The molecule has 0 fully saturated rings. The van der Waals surface area contributed by atoms with Gasteiger partial charge in [-0.2, -0.15) is 0 Å². The van der Waals surface area contributed by atoms with Crippen LogP contribution in [0.1, 0.15) is 11.1 Å². The first kappa shape index (κ1) is 12.7. The van der Waals surface area contributed by atoms with Crippen molar-refractivity contribution in [2.45, 2.75) is 13.5 Å². The average molecular weight is 222 g/mol. The Morgan fingerprint density at radius 3 is 2.69 bits per heavy atom. The fourth-order valence-electron chi connectivity index (χ4n) is 1.31. The summed E-state index contributed by atoms with van der Waals surface area (Å²) >= 11 is 0. The fourth-order valence-corrected chi connectivity index (χ4v) is 1.31. The predicted molar refractivity (Wildman–Crippen MR) is 62.7 cm³/mol. The molecular formula is C12H18N2O2. The summed E-state index contributed by atoms with van der Waals surface area (Å²) in [6, 6.07) is 7.97. The minimum absolute atomic E-state index is 0.0759. The molecule has 4 heteroatoms. The van der Waals surface area contributed by atoms with Crippen molar-refractivity contribution in [3.63, 3.8) is 0 Å². The summed E-state index contributed by atoms with van der Waals surface area (Å²) in [7, 11) is 3.53. The molecule has 0 aliphatic heterocycles. The molecule has 4 nitrogen and oxygen atoms in total. The van der Waals surface area contributed by atoms with E-state index in [1.165, 1.54) is 5.56 Å². The molecule has 88 valence electrons. The van der Waals surface area contributed by atoms with Gasteiger partial charge in [-0.25, -0.2) is 5.01 Å². The third kappa shape index (κ3) is 4.42. The molecule has 0 aromatic heterocycles. The summed E-state index contributed by atoms with van der Waals surface area (Å²) in [5.41, 5.74) is 4.90. The van der Waals surface area contributed by atoms with Crippen molar-refractivity contribution in [1.29, 1.82) is 0 Å². The van der Waals surface area contributed by atoms with E-state index in [0.717, 1.165) is 5.56 Å². The van der Waals surface area contributed by atoms with E-state index in [2.05, 4.69) is 5.43 Å². The van der Waals surface area contributed by atoms with E-state index >= 15 is 0 Å². The SMILES string of the molecule is Cc1ccccc1COCC(=O)NN(C)C. The monoisotopic (exact) mass is 222 g/mol. The van der Waals surface area contributed by atoms with Crippen molar-refractivity contribution < 1.29 is 9.53 Å². The molecule has 1 aromatic rings. The predicted octanol–water partition coefficient (Wildman–Crippen LogP) is 1.10. The Hall–Kier alpha value is -1.39. The van der Waals surface area contributed by atoms with Crippen LogP contribution in [0.3, 0.4) is 0 Å². The number of benzene rings is 1. The topological polar surface area (TPSA) is 41.6 Å². The fraction of sp³-hybridized carbons (Fsp3) is 0.417. The molecule has 1 amide bonds. The summed E-state index contributed by atoms with van der Waals surface area (Å²) in [5.74, 6) is -0.140. The highest BCUT2D eigenvalue weighted by Crippen LogP contribution is 2.07. The van der Waals surface area contributed by atoms with Gasteiger partial charge in [-0.1, -0.05) is 24.3 Å². The molecule has 1 aromatic carbocycles. The Balaban J connectivity index is 2.31. The van der Waals surface area contributed by atoms with Crippen molar-refractivity contribution in [3.05, 3.63) is 35.4 Å². The molecule has 0 aliphatic rings. The lowest BCUT2D eigenvalue weighted by Gasteiger charge is -2.12. The molecule has 16 heavy (non-hydrogen) atoms. The van der Waals surface area contributed by atoms with Gasteiger partial charge in [0.2, 0.25) is 0 Å². The van der Waals surface area contributed by atoms with Crippen LogP contribution in [-0.2, 0) is 16.1 Å². The molecule has 0 heterocycles. The van der Waals surface area contributed by atoms with E-state index in [1.807, 2.05) is 31.2 Å². The van der Waals surface area contributed by atoms with Gasteiger partial charge in [-0.3, -0.25) is 10.2 Å². The second-order valence-corrected chi connectivity index (χ2v) is 3.85. The normalized spacial score (nSPS) is 10.5. The van der Waals surface area contributed by atoms with Gasteiger partial charge in [0.1, 0.15) is 6.61 Å². The van der Waals surface area contributed by atoms with E-state index < -0.39 is 0 Å². The number of nitrogens with zero attached hydrogens (tertiary/aromatic N) is 1. The standard InChI is InChI=1S/C12H18N2O2/c1-10-6-4-5-7-11(10)8-16-9-12(15)13-14(2)3/h4-7H,8-9H2,1-3H3,(H,13,15). The zero-order chi connectivity index (χ0) is 12.0. The molecular weight excluding hydrogens is 204 g/mol. The molecule has 0 saturated carbocycles. The number of carbonyl (C=O) groups excluding carboxylic acids is 1. The van der Waals surface area contributed by atoms with Crippen LogP contribution in [0.25, 0.3) is 0 Å². The van der Waals surface area contributed by atoms with E-state index in [1.54, 1.807) is 19.1 Å². The number of hydrogen-bond acceptors (Lipinski definition) is 3. The Morgan fingerprint density at radius 1 is 1.38 bits per heavy atom. The highest BCUT2D eigenvalue weighted by Gasteiger charge is 2.03. The number of ether oxygens (including phenoxy) is 1. The molecule has 0 atom stereocenters. The maximum Gasteiger partial charge on any atom is 0.260 e. The van der Waals surface area contributed by atoms with Crippen LogP contribution in [0.15, 0.2) is 24.3 Å². The zero-order valence-corrected chi connectivity index (χ0v) is 9.99. The van der Waals surface area contributed by atoms with E-state index in [4.69, 9.17) is 4.74 Å². The molecule has 1 N–H and O–H groups in total. The van der Waals surface area contributed by atoms with Crippen LogP contribution >= 0.6 is 0 Å². The van der Waals surface area contributed by atoms with Crippen LogP contribution in [0, 0.1) is 6.92 Å². The quantitative estimate of drug-likeness (QED) is 0.759. The molecule has 0 unspecified atom stereocenters. The highest BCUT2D eigenvalue weighted by molar-refractivity contribution is 5.76. The Labute approximate surface area is 96.2 Å². The second-order valence-electron chi connectivity index (χ2n) is 3.85. The Bertz CT molecular complexity index is 351. The summed E-state index contributed by atoms with van der Waals surface area (Å²) in [6.45, 7) is 2.57. The van der Waals surface area contributed by atoms with Crippen molar-refractivity contribution in [2.75, 3.05) is 20.7 Å². The molecule has 0 saturated heterocycles. The first-order chi connectivity index (χ1) is 7.59. The number of hydrogen-bond donors (Lipinski definition) is 1. The maximum absolute atomic E-state index is 11.3. The van der Waals surface area contributed by atoms with Gasteiger partial charge in [0.15, 0.2) is 0 Å². The molecule has 0 bridgehead atoms. The van der Waals surface area contributed by atoms with Gasteiger partial charge in [0.05, 0.1) is 6.61 Å². The van der Waals surface area contributed by atoms with Crippen LogP contribution < -0.4 is 5.43 Å². The molecule has 0 aliphatic carbocycles. The number of hydrazine groups is 1. The van der Waals surface area contributed by atoms with Gasteiger partial charge < -0.3 is 4.74 Å². The van der Waals surface area contributed by atoms with Crippen LogP contribution in [0.4, 0.5) is 0 Å². The Kier molecular flexibility index (Phi) is 4.95. The highest BCUT2D eigenvalue weighted by atomic mass is 16.5. The largest absolute Gasteiger partial charge is 0.367 e. The number of carbonyl (C=O) groups is 1. The van der Waals surface area contributed by atoms with E-state index in [9.17, 15) is 4.79 Å². The van der Waals surface area contributed by atoms with Gasteiger partial charge in [0.25, 0.3) is 5.91 Å². The second kappa shape index (κ2) is 6.25. The first-order valence-electron chi connectivity index (χ1n) is 5.18. The number of nitrogens with one attached hydrogen (secondary N) is 1. The molecule has 1 rings (SSSR count). The third-order valence-electron chi connectivity index (χ3n) is 2.10. The van der Waals surface area contributed by atoms with Crippen LogP contribution in [0.5, 0.6) is 0 Å². The van der Waals surface area contributed by atoms with Crippen molar-refractivity contribution in [2.24, 2.45) is 0 Å². The summed E-state index contributed by atoms with van der Waals surface area (Å²) in [6.07, 6.45) is 0. The van der Waals surface area contributed by atoms with Gasteiger partial charge in [0, 0.05) is 14.1 Å². The third-order valence-corrected chi connectivity index (χ3v) is 2.10. The summed E-state index contributed by atoms with van der Waals surface area (Å²) in [5, 5.41) is 1.60.